The fourth-order valence-corrected chi connectivity index (χ4v) is 3.64. The van der Waals surface area contributed by atoms with Crippen molar-refractivity contribution in [3.05, 3.63) is 12.2 Å². The summed E-state index contributed by atoms with van der Waals surface area (Å²) < 4.78 is 0. The second-order valence-corrected chi connectivity index (χ2v) is 6.77. The molecule has 0 radical (unpaired) electrons. The van der Waals surface area contributed by atoms with Crippen LogP contribution in [0.25, 0.3) is 0 Å². The lowest BCUT2D eigenvalue weighted by Gasteiger charge is -2.29. The number of rotatable bonds is 6. The average molecular weight is 235 g/mol. The van der Waals surface area contributed by atoms with Crippen LogP contribution in [-0.2, 0) is 0 Å². The predicted molar refractivity (Wildman–Crippen MR) is 75.0 cm³/mol. The topological polar surface area (TPSA) is 12.0 Å². The quantitative estimate of drug-likeness (QED) is 0.686. The van der Waals surface area contributed by atoms with Crippen LogP contribution in [0.2, 0.25) is 0 Å². The molecule has 5 unspecified atom stereocenters. The molecule has 1 nitrogen and oxygen atoms in total. The first-order chi connectivity index (χ1) is 8.06. The van der Waals surface area contributed by atoms with Crippen molar-refractivity contribution in [2.24, 2.45) is 23.7 Å². The van der Waals surface area contributed by atoms with Gasteiger partial charge >= 0.3 is 0 Å². The Labute approximate surface area is 107 Å². The Balaban J connectivity index is 1.73. The van der Waals surface area contributed by atoms with Gasteiger partial charge in [0.1, 0.15) is 0 Å². The summed E-state index contributed by atoms with van der Waals surface area (Å²) in [6.45, 7) is 9.38. The minimum atomic E-state index is 0.676. The van der Waals surface area contributed by atoms with Crippen molar-refractivity contribution in [2.75, 3.05) is 0 Å². The van der Waals surface area contributed by atoms with Crippen LogP contribution < -0.4 is 5.32 Å². The summed E-state index contributed by atoms with van der Waals surface area (Å²) in [4.78, 5) is 0. The van der Waals surface area contributed by atoms with Crippen molar-refractivity contribution in [1.82, 2.24) is 5.32 Å². The third kappa shape index (κ3) is 3.34. The van der Waals surface area contributed by atoms with Crippen LogP contribution in [0.1, 0.15) is 53.4 Å². The smallest absolute Gasteiger partial charge is 0.00753 e. The van der Waals surface area contributed by atoms with Gasteiger partial charge in [0.05, 0.1) is 0 Å². The van der Waals surface area contributed by atoms with Crippen LogP contribution in [0, 0.1) is 23.7 Å². The highest BCUT2D eigenvalue weighted by Gasteiger charge is 2.38. The fraction of sp³-hybridized carbons (Fsp3) is 0.875. The van der Waals surface area contributed by atoms with Gasteiger partial charge in [-0.05, 0) is 63.2 Å². The third-order valence-corrected chi connectivity index (χ3v) is 4.70. The second kappa shape index (κ2) is 5.56. The summed E-state index contributed by atoms with van der Waals surface area (Å²) in [6, 6.07) is 1.37. The lowest BCUT2D eigenvalue weighted by atomic mass is 9.87. The summed E-state index contributed by atoms with van der Waals surface area (Å²) in [5.41, 5.74) is 0. The molecule has 0 heterocycles. The Bertz CT molecular complexity index is 269. The van der Waals surface area contributed by atoms with E-state index in [-0.39, 0.29) is 0 Å². The lowest BCUT2D eigenvalue weighted by Crippen LogP contribution is -2.41. The number of hydrogen-bond donors (Lipinski definition) is 1. The molecule has 98 valence electrons. The predicted octanol–water partition coefficient (Wildman–Crippen LogP) is 4.00. The molecule has 1 N–H and O–H groups in total. The fourth-order valence-electron chi connectivity index (χ4n) is 3.64. The maximum absolute atomic E-state index is 3.83. The molecule has 0 aromatic rings. The molecular weight excluding hydrogens is 206 g/mol. The molecule has 1 heteroatoms. The van der Waals surface area contributed by atoms with Gasteiger partial charge in [-0.3, -0.25) is 0 Å². The molecular formula is C16H29N. The minimum absolute atomic E-state index is 0.676. The zero-order chi connectivity index (χ0) is 12.4. The molecule has 1 saturated carbocycles. The molecule has 0 aliphatic heterocycles. The van der Waals surface area contributed by atoms with Gasteiger partial charge in [0.2, 0.25) is 0 Å². The van der Waals surface area contributed by atoms with E-state index >= 15 is 0 Å². The molecule has 0 spiro atoms. The van der Waals surface area contributed by atoms with Gasteiger partial charge in [-0.15, -0.1) is 0 Å². The lowest BCUT2D eigenvalue weighted by molar-refractivity contribution is 0.294. The number of nitrogens with one attached hydrogen (secondary N) is 1. The number of hydrogen-bond acceptors (Lipinski definition) is 1. The first-order valence-electron chi connectivity index (χ1n) is 7.50. The summed E-state index contributed by atoms with van der Waals surface area (Å²) in [5, 5.41) is 3.83. The van der Waals surface area contributed by atoms with E-state index < -0.39 is 0 Å². The summed E-state index contributed by atoms with van der Waals surface area (Å²) in [5.74, 6) is 3.51. The van der Waals surface area contributed by atoms with E-state index in [4.69, 9.17) is 0 Å². The molecule has 1 fully saturated rings. The van der Waals surface area contributed by atoms with Gasteiger partial charge in [0.15, 0.2) is 0 Å². The van der Waals surface area contributed by atoms with Gasteiger partial charge in [-0.2, -0.15) is 0 Å². The van der Waals surface area contributed by atoms with Gasteiger partial charge in [0, 0.05) is 12.1 Å². The molecule has 2 rings (SSSR count). The van der Waals surface area contributed by atoms with E-state index in [2.05, 4.69) is 45.2 Å². The van der Waals surface area contributed by atoms with E-state index in [1.165, 1.54) is 25.7 Å². The third-order valence-electron chi connectivity index (χ3n) is 4.70. The molecule has 0 aromatic heterocycles. The van der Waals surface area contributed by atoms with E-state index in [0.717, 1.165) is 23.7 Å². The van der Waals surface area contributed by atoms with E-state index in [0.29, 0.717) is 12.1 Å². The maximum atomic E-state index is 3.83. The van der Waals surface area contributed by atoms with E-state index in [1.807, 2.05) is 0 Å². The van der Waals surface area contributed by atoms with Crippen LogP contribution in [0.3, 0.4) is 0 Å². The van der Waals surface area contributed by atoms with Crippen LogP contribution >= 0.6 is 0 Å². The maximum Gasteiger partial charge on any atom is 0.00753 e. The molecule has 2 bridgehead atoms. The van der Waals surface area contributed by atoms with Gasteiger partial charge in [0.25, 0.3) is 0 Å². The SMILES string of the molecule is CC(C)CCC(C)NC(C)C1CC2C=CC1C2. The van der Waals surface area contributed by atoms with Crippen LogP contribution in [-0.4, -0.2) is 12.1 Å². The van der Waals surface area contributed by atoms with Crippen molar-refractivity contribution in [3.8, 4) is 0 Å². The Morgan fingerprint density at radius 2 is 1.82 bits per heavy atom. The monoisotopic (exact) mass is 235 g/mol. The highest BCUT2D eigenvalue weighted by atomic mass is 14.9. The molecule has 5 atom stereocenters. The number of fused-ring (bicyclic) bond motifs is 2. The Kier molecular flexibility index (Phi) is 4.30. The highest BCUT2D eigenvalue weighted by molar-refractivity contribution is 5.11. The average Bonchev–Trinajstić information content (AvgIpc) is 2.87. The van der Waals surface area contributed by atoms with Gasteiger partial charge in [-0.25, -0.2) is 0 Å². The summed E-state index contributed by atoms with van der Waals surface area (Å²) in [7, 11) is 0. The second-order valence-electron chi connectivity index (χ2n) is 6.77. The zero-order valence-electron chi connectivity index (χ0n) is 11.9. The van der Waals surface area contributed by atoms with Crippen LogP contribution in [0.4, 0.5) is 0 Å². The molecule has 2 aliphatic rings. The Hall–Kier alpha value is -0.300. The minimum Gasteiger partial charge on any atom is -0.311 e. The van der Waals surface area contributed by atoms with Crippen molar-refractivity contribution in [1.29, 1.82) is 0 Å². The van der Waals surface area contributed by atoms with Crippen LogP contribution in [0.5, 0.6) is 0 Å². The first-order valence-corrected chi connectivity index (χ1v) is 7.50. The molecule has 17 heavy (non-hydrogen) atoms. The Morgan fingerprint density at radius 1 is 1.06 bits per heavy atom. The van der Waals surface area contributed by atoms with Crippen molar-refractivity contribution in [2.45, 2.75) is 65.5 Å². The normalized spacial score (nSPS) is 34.5. The summed E-state index contributed by atoms with van der Waals surface area (Å²) >= 11 is 0. The molecule has 0 amide bonds. The number of allylic oxidation sites excluding steroid dienone is 2. The Morgan fingerprint density at radius 3 is 2.35 bits per heavy atom. The van der Waals surface area contributed by atoms with Crippen molar-refractivity contribution >= 4 is 0 Å². The largest absolute Gasteiger partial charge is 0.311 e. The van der Waals surface area contributed by atoms with Gasteiger partial charge in [-0.1, -0.05) is 26.0 Å². The first kappa shape index (κ1) is 13.1. The van der Waals surface area contributed by atoms with Gasteiger partial charge < -0.3 is 5.32 Å². The standard InChI is InChI=1S/C16H29N/c1-11(2)5-6-12(3)17-13(4)16-10-14-7-8-15(16)9-14/h7-8,11-17H,5-6,9-10H2,1-4H3. The molecule has 0 saturated heterocycles. The zero-order valence-corrected chi connectivity index (χ0v) is 11.9. The summed E-state index contributed by atoms with van der Waals surface area (Å²) in [6.07, 6.45) is 10.4. The van der Waals surface area contributed by atoms with Crippen molar-refractivity contribution in [3.63, 3.8) is 0 Å². The highest BCUT2D eigenvalue weighted by Crippen LogP contribution is 2.44. The van der Waals surface area contributed by atoms with Crippen LogP contribution in [0.15, 0.2) is 12.2 Å². The molecule has 2 aliphatic carbocycles. The van der Waals surface area contributed by atoms with Crippen molar-refractivity contribution < 1.29 is 0 Å². The molecule has 0 aromatic carbocycles. The van der Waals surface area contributed by atoms with E-state index in [9.17, 15) is 0 Å². The van der Waals surface area contributed by atoms with E-state index in [1.54, 1.807) is 0 Å².